The van der Waals surface area contributed by atoms with Gasteiger partial charge in [-0.15, -0.1) is 0 Å². The third-order valence-corrected chi connectivity index (χ3v) is 6.74. The fourth-order valence-electron chi connectivity index (χ4n) is 6.23. The summed E-state index contributed by atoms with van der Waals surface area (Å²) in [5.41, 5.74) is 0. The standard InChI is InChI=1S/C16H20O2/c17-15-11-7-1-2-8(5-7)12(11)16(18)14-10-4-3-9(6-10)13(14)15/h1-4,7-18H,5-6H2/t7-,8+,9+,10-,11-,12+,13+,14-,15?,16?. The van der Waals surface area contributed by atoms with Gasteiger partial charge >= 0.3 is 0 Å². The largest absolute Gasteiger partial charge is 0.392 e. The second-order valence-corrected chi connectivity index (χ2v) is 7.19. The lowest BCUT2D eigenvalue weighted by atomic mass is 9.59. The molecular weight excluding hydrogens is 224 g/mol. The van der Waals surface area contributed by atoms with Crippen LogP contribution in [0.4, 0.5) is 0 Å². The molecule has 18 heavy (non-hydrogen) atoms. The van der Waals surface area contributed by atoms with E-state index in [2.05, 4.69) is 24.3 Å². The summed E-state index contributed by atoms with van der Waals surface area (Å²) in [6.07, 6.45) is 11.2. The highest BCUT2D eigenvalue weighted by Crippen LogP contribution is 2.63. The van der Waals surface area contributed by atoms with Gasteiger partial charge in [-0.1, -0.05) is 24.3 Å². The van der Waals surface area contributed by atoms with E-state index in [9.17, 15) is 10.2 Å². The predicted octanol–water partition coefficient (Wildman–Crippen LogP) is 1.60. The van der Waals surface area contributed by atoms with Crippen molar-refractivity contribution in [3.05, 3.63) is 24.3 Å². The van der Waals surface area contributed by atoms with Gasteiger partial charge in [0.15, 0.2) is 0 Å². The van der Waals surface area contributed by atoms with Crippen LogP contribution in [-0.2, 0) is 0 Å². The number of hydrogen-bond acceptors (Lipinski definition) is 2. The van der Waals surface area contributed by atoms with Gasteiger partial charge in [0.25, 0.3) is 0 Å². The summed E-state index contributed by atoms with van der Waals surface area (Å²) in [7, 11) is 0. The lowest BCUT2D eigenvalue weighted by Gasteiger charge is -2.49. The Morgan fingerprint density at radius 1 is 0.556 bits per heavy atom. The number of allylic oxidation sites excluding steroid dienone is 4. The SMILES string of the molecule is OC1[C@@H]2[C@H](C(O)[C@@H]3[C@H]1[C@@H]1C=C[C@H]3C1)[C@@H]1C=C[C@H]2C1. The molecule has 0 amide bonds. The van der Waals surface area contributed by atoms with Crippen molar-refractivity contribution in [3.8, 4) is 0 Å². The highest BCUT2D eigenvalue weighted by molar-refractivity contribution is 5.25. The topological polar surface area (TPSA) is 40.5 Å². The average Bonchev–Trinajstić information content (AvgIpc) is 3.10. The molecule has 0 spiro atoms. The first-order valence-electron chi connectivity index (χ1n) is 7.48. The fraction of sp³-hybridized carbons (Fsp3) is 0.750. The van der Waals surface area contributed by atoms with Crippen LogP contribution in [0, 0.1) is 47.3 Å². The molecule has 0 aromatic carbocycles. The zero-order chi connectivity index (χ0) is 12.0. The molecule has 10 atom stereocenters. The molecule has 3 saturated carbocycles. The lowest BCUT2D eigenvalue weighted by Crippen LogP contribution is -2.54. The van der Waals surface area contributed by atoms with Crippen LogP contribution < -0.4 is 0 Å². The smallest absolute Gasteiger partial charge is 0.0615 e. The van der Waals surface area contributed by atoms with Crippen LogP contribution in [0.15, 0.2) is 24.3 Å². The summed E-state index contributed by atoms with van der Waals surface area (Å²) in [4.78, 5) is 0. The molecule has 5 aliphatic carbocycles. The molecule has 5 rings (SSSR count). The van der Waals surface area contributed by atoms with E-state index in [1.807, 2.05) is 0 Å². The maximum absolute atomic E-state index is 10.8. The minimum atomic E-state index is -0.178. The molecule has 0 aliphatic heterocycles. The number of aliphatic hydroxyl groups is 2. The molecule has 2 heteroatoms. The van der Waals surface area contributed by atoms with Crippen molar-refractivity contribution in [2.75, 3.05) is 0 Å². The van der Waals surface area contributed by atoms with Crippen LogP contribution in [0.25, 0.3) is 0 Å². The molecular formula is C16H20O2. The second kappa shape index (κ2) is 3.10. The summed E-state index contributed by atoms with van der Waals surface area (Å²) in [5.74, 6) is 3.49. The zero-order valence-electron chi connectivity index (χ0n) is 10.4. The Bertz CT molecular complexity index is 376. The Hall–Kier alpha value is -0.600. The van der Waals surface area contributed by atoms with E-state index in [-0.39, 0.29) is 12.2 Å². The molecule has 2 nitrogen and oxygen atoms in total. The maximum Gasteiger partial charge on any atom is 0.0615 e. The molecule has 0 heterocycles. The van der Waals surface area contributed by atoms with Crippen LogP contribution in [-0.4, -0.2) is 22.4 Å². The Labute approximate surface area is 107 Å². The highest BCUT2D eigenvalue weighted by Gasteiger charge is 2.63. The zero-order valence-corrected chi connectivity index (χ0v) is 10.4. The summed E-state index contributed by atoms with van der Waals surface area (Å²) in [5, 5.41) is 21.7. The molecule has 2 N–H and O–H groups in total. The van der Waals surface area contributed by atoms with Crippen LogP contribution in [0.5, 0.6) is 0 Å². The third-order valence-electron chi connectivity index (χ3n) is 6.74. The average molecular weight is 244 g/mol. The highest BCUT2D eigenvalue weighted by atomic mass is 16.3. The summed E-state index contributed by atoms with van der Waals surface area (Å²) in [6.45, 7) is 0. The summed E-state index contributed by atoms with van der Waals surface area (Å²) in [6, 6.07) is 0. The van der Waals surface area contributed by atoms with E-state index in [4.69, 9.17) is 0 Å². The van der Waals surface area contributed by atoms with Crippen LogP contribution >= 0.6 is 0 Å². The second-order valence-electron chi connectivity index (χ2n) is 7.19. The van der Waals surface area contributed by atoms with Crippen molar-refractivity contribution >= 4 is 0 Å². The van der Waals surface area contributed by atoms with Gasteiger partial charge in [0.1, 0.15) is 0 Å². The van der Waals surface area contributed by atoms with Crippen LogP contribution in [0.1, 0.15) is 12.8 Å². The van der Waals surface area contributed by atoms with Gasteiger partial charge in [-0.05, 0) is 60.2 Å². The molecule has 2 unspecified atom stereocenters. The van der Waals surface area contributed by atoms with E-state index in [1.165, 1.54) is 12.8 Å². The van der Waals surface area contributed by atoms with E-state index >= 15 is 0 Å². The molecule has 0 aromatic heterocycles. The van der Waals surface area contributed by atoms with Gasteiger partial charge in [-0.3, -0.25) is 0 Å². The number of rotatable bonds is 0. The Balaban J connectivity index is 1.61. The van der Waals surface area contributed by atoms with Crippen molar-refractivity contribution in [1.29, 1.82) is 0 Å². The number of fused-ring (bicyclic) bond motifs is 10. The molecule has 0 aromatic rings. The molecule has 96 valence electrons. The molecule has 0 saturated heterocycles. The number of hydrogen-bond donors (Lipinski definition) is 2. The van der Waals surface area contributed by atoms with Crippen LogP contribution in [0.2, 0.25) is 0 Å². The van der Waals surface area contributed by atoms with E-state index in [0.29, 0.717) is 47.3 Å². The first kappa shape index (κ1) is 10.2. The van der Waals surface area contributed by atoms with E-state index in [1.54, 1.807) is 0 Å². The van der Waals surface area contributed by atoms with Gasteiger partial charge in [0.2, 0.25) is 0 Å². The normalized spacial score (nSPS) is 66.6. The Morgan fingerprint density at radius 3 is 1.11 bits per heavy atom. The minimum absolute atomic E-state index is 0.178. The first-order valence-corrected chi connectivity index (χ1v) is 7.48. The molecule has 5 aliphatic rings. The third kappa shape index (κ3) is 0.969. The monoisotopic (exact) mass is 244 g/mol. The summed E-state index contributed by atoms with van der Waals surface area (Å²) < 4.78 is 0. The van der Waals surface area contributed by atoms with Crippen molar-refractivity contribution in [2.45, 2.75) is 25.0 Å². The lowest BCUT2D eigenvalue weighted by molar-refractivity contribution is -0.125. The Kier molecular flexibility index (Phi) is 1.76. The van der Waals surface area contributed by atoms with Gasteiger partial charge < -0.3 is 10.2 Å². The van der Waals surface area contributed by atoms with Gasteiger partial charge in [-0.25, -0.2) is 0 Å². The molecule has 4 bridgehead atoms. The number of aliphatic hydroxyl groups excluding tert-OH is 2. The fourth-order valence-corrected chi connectivity index (χ4v) is 6.23. The summed E-state index contributed by atoms with van der Waals surface area (Å²) >= 11 is 0. The quantitative estimate of drug-likeness (QED) is 0.635. The van der Waals surface area contributed by atoms with Crippen molar-refractivity contribution in [1.82, 2.24) is 0 Å². The Morgan fingerprint density at radius 2 is 0.833 bits per heavy atom. The first-order chi connectivity index (χ1) is 8.75. The van der Waals surface area contributed by atoms with E-state index < -0.39 is 0 Å². The van der Waals surface area contributed by atoms with Gasteiger partial charge in [0, 0.05) is 0 Å². The van der Waals surface area contributed by atoms with Gasteiger partial charge in [0.05, 0.1) is 12.2 Å². The predicted molar refractivity (Wildman–Crippen MR) is 67.4 cm³/mol. The minimum Gasteiger partial charge on any atom is -0.392 e. The van der Waals surface area contributed by atoms with Crippen LogP contribution in [0.3, 0.4) is 0 Å². The molecule has 3 fully saturated rings. The van der Waals surface area contributed by atoms with Crippen molar-refractivity contribution in [2.24, 2.45) is 47.3 Å². The van der Waals surface area contributed by atoms with E-state index in [0.717, 1.165) is 0 Å². The van der Waals surface area contributed by atoms with Crippen molar-refractivity contribution in [3.63, 3.8) is 0 Å². The molecule has 0 radical (unpaired) electrons. The maximum atomic E-state index is 10.8. The van der Waals surface area contributed by atoms with Crippen molar-refractivity contribution < 1.29 is 10.2 Å². The van der Waals surface area contributed by atoms with Gasteiger partial charge in [-0.2, -0.15) is 0 Å².